The fourth-order valence-corrected chi connectivity index (χ4v) is 2.11. The zero-order chi connectivity index (χ0) is 13.8. The van der Waals surface area contributed by atoms with Crippen molar-refractivity contribution < 1.29 is 9.36 Å². The summed E-state index contributed by atoms with van der Waals surface area (Å²) in [6, 6.07) is 23.0. The largest absolute Gasteiger partial charge is 0.289 e. The van der Waals surface area contributed by atoms with Gasteiger partial charge >= 0.3 is 0 Å². The van der Waals surface area contributed by atoms with Crippen molar-refractivity contribution in [3.05, 3.63) is 96.3 Å². The molecule has 2 heteroatoms. The van der Waals surface area contributed by atoms with E-state index in [1.54, 1.807) is 0 Å². The third-order valence-corrected chi connectivity index (χ3v) is 3.18. The van der Waals surface area contributed by atoms with Crippen molar-refractivity contribution >= 4 is 5.78 Å². The maximum atomic E-state index is 12.3. The minimum absolute atomic E-state index is 0.0470. The zero-order valence-electron chi connectivity index (χ0n) is 10.9. The van der Waals surface area contributed by atoms with Crippen LogP contribution in [0, 0.1) is 0 Å². The van der Waals surface area contributed by atoms with Crippen molar-refractivity contribution in [2.45, 2.75) is 0 Å². The molecule has 0 fully saturated rings. The van der Waals surface area contributed by atoms with Gasteiger partial charge in [-0.15, -0.1) is 0 Å². The summed E-state index contributed by atoms with van der Waals surface area (Å²) in [4.78, 5) is 12.3. The number of hydrogen-bond acceptors (Lipinski definition) is 1. The standard InChI is InChI=1S/C18H14NO/c20-18(15-7-3-1-4-8-15)16-11-13-19(14-12-16)17-9-5-2-6-10-17/h1-14H/q+1. The third kappa shape index (κ3) is 2.50. The van der Waals surface area contributed by atoms with E-state index in [4.69, 9.17) is 0 Å². The topological polar surface area (TPSA) is 20.9 Å². The Morgan fingerprint density at radius 2 is 1.15 bits per heavy atom. The smallest absolute Gasteiger partial charge is 0.210 e. The van der Waals surface area contributed by atoms with E-state index in [9.17, 15) is 4.79 Å². The number of nitrogens with zero attached hydrogens (tertiary/aromatic N) is 1. The first-order valence-corrected chi connectivity index (χ1v) is 6.51. The molecule has 0 radical (unpaired) electrons. The van der Waals surface area contributed by atoms with Crippen molar-refractivity contribution in [1.82, 2.24) is 0 Å². The van der Waals surface area contributed by atoms with Crippen molar-refractivity contribution in [2.24, 2.45) is 0 Å². The normalized spacial score (nSPS) is 10.2. The van der Waals surface area contributed by atoms with Gasteiger partial charge in [0.05, 0.1) is 0 Å². The molecule has 1 aromatic heterocycles. The number of hydrogen-bond donors (Lipinski definition) is 0. The monoisotopic (exact) mass is 260 g/mol. The Hall–Kier alpha value is -2.74. The van der Waals surface area contributed by atoms with Gasteiger partial charge in [0.2, 0.25) is 5.69 Å². The molecule has 0 saturated carbocycles. The van der Waals surface area contributed by atoms with Gasteiger partial charge in [-0.25, -0.2) is 0 Å². The highest BCUT2D eigenvalue weighted by Crippen LogP contribution is 2.08. The first kappa shape index (κ1) is 12.3. The number of carbonyl (C=O) groups is 1. The van der Waals surface area contributed by atoms with Crippen LogP contribution in [0.15, 0.2) is 85.2 Å². The summed E-state index contributed by atoms with van der Waals surface area (Å²) in [7, 11) is 0. The summed E-state index contributed by atoms with van der Waals surface area (Å²) >= 11 is 0. The van der Waals surface area contributed by atoms with Crippen molar-refractivity contribution in [3.63, 3.8) is 0 Å². The molecule has 20 heavy (non-hydrogen) atoms. The SMILES string of the molecule is O=C(c1ccccc1)c1cc[n+](-c2ccccc2)cc1. The van der Waals surface area contributed by atoms with Gasteiger partial charge in [0, 0.05) is 35.4 Å². The van der Waals surface area contributed by atoms with E-state index in [0.717, 1.165) is 5.69 Å². The number of benzene rings is 2. The van der Waals surface area contributed by atoms with Crippen LogP contribution in [0.3, 0.4) is 0 Å². The van der Waals surface area contributed by atoms with Crippen molar-refractivity contribution in [1.29, 1.82) is 0 Å². The molecule has 96 valence electrons. The highest BCUT2D eigenvalue weighted by molar-refractivity contribution is 6.08. The predicted octanol–water partition coefficient (Wildman–Crippen LogP) is 3.19. The molecule has 0 atom stereocenters. The number of rotatable bonds is 3. The van der Waals surface area contributed by atoms with Gasteiger partial charge in [-0.3, -0.25) is 4.79 Å². The Morgan fingerprint density at radius 3 is 1.75 bits per heavy atom. The van der Waals surface area contributed by atoms with Gasteiger partial charge in [0.25, 0.3) is 0 Å². The summed E-state index contributed by atoms with van der Waals surface area (Å²) in [6.45, 7) is 0. The van der Waals surface area contributed by atoms with Crippen molar-refractivity contribution in [2.75, 3.05) is 0 Å². The fraction of sp³-hybridized carbons (Fsp3) is 0. The molecular formula is C18H14NO+. The van der Waals surface area contributed by atoms with E-state index in [2.05, 4.69) is 0 Å². The Morgan fingerprint density at radius 1 is 0.650 bits per heavy atom. The molecule has 0 spiro atoms. The molecule has 0 bridgehead atoms. The molecule has 0 aliphatic rings. The van der Waals surface area contributed by atoms with Crippen LogP contribution in [0.5, 0.6) is 0 Å². The Labute approximate surface area is 118 Å². The predicted molar refractivity (Wildman–Crippen MR) is 77.8 cm³/mol. The second-order valence-electron chi connectivity index (χ2n) is 4.52. The van der Waals surface area contributed by atoms with Gasteiger partial charge in [0.15, 0.2) is 18.2 Å². The van der Waals surface area contributed by atoms with Gasteiger partial charge in [0.1, 0.15) is 0 Å². The van der Waals surface area contributed by atoms with Crippen molar-refractivity contribution in [3.8, 4) is 5.69 Å². The molecule has 0 saturated heterocycles. The quantitative estimate of drug-likeness (QED) is 0.523. The van der Waals surface area contributed by atoms with Crippen LogP contribution in [0.4, 0.5) is 0 Å². The Bertz CT molecular complexity index is 703. The number of carbonyl (C=O) groups excluding carboxylic acids is 1. The molecule has 3 rings (SSSR count). The lowest BCUT2D eigenvalue weighted by atomic mass is 10.0. The van der Waals surface area contributed by atoms with Crippen LogP contribution < -0.4 is 4.57 Å². The number of aromatic nitrogens is 1. The van der Waals surface area contributed by atoms with E-state index < -0.39 is 0 Å². The van der Waals surface area contributed by atoms with E-state index in [-0.39, 0.29) is 5.78 Å². The van der Waals surface area contributed by atoms with Gasteiger partial charge in [-0.2, -0.15) is 4.57 Å². The Kier molecular flexibility index (Phi) is 3.38. The van der Waals surface area contributed by atoms with Crippen LogP contribution >= 0.6 is 0 Å². The van der Waals surface area contributed by atoms with Crippen LogP contribution in [0.1, 0.15) is 15.9 Å². The van der Waals surface area contributed by atoms with Gasteiger partial charge < -0.3 is 0 Å². The summed E-state index contributed by atoms with van der Waals surface area (Å²) in [5.41, 5.74) is 2.49. The molecule has 3 aromatic rings. The lowest BCUT2D eigenvalue weighted by Gasteiger charge is -2.00. The third-order valence-electron chi connectivity index (χ3n) is 3.18. The van der Waals surface area contributed by atoms with E-state index in [0.29, 0.717) is 11.1 Å². The first-order valence-electron chi connectivity index (χ1n) is 6.51. The average Bonchev–Trinajstić information content (AvgIpc) is 2.56. The van der Waals surface area contributed by atoms with E-state index >= 15 is 0 Å². The molecule has 2 aromatic carbocycles. The molecular weight excluding hydrogens is 246 g/mol. The van der Waals surface area contributed by atoms with Gasteiger partial charge in [-0.1, -0.05) is 48.5 Å². The van der Waals surface area contributed by atoms with Crippen LogP contribution in [0.25, 0.3) is 5.69 Å². The number of ketones is 1. The minimum atomic E-state index is 0.0470. The minimum Gasteiger partial charge on any atom is -0.289 e. The van der Waals surface area contributed by atoms with Crippen LogP contribution in [0.2, 0.25) is 0 Å². The number of pyridine rings is 1. The summed E-state index contributed by atoms with van der Waals surface area (Å²) in [5, 5.41) is 0. The molecule has 0 aliphatic heterocycles. The lowest BCUT2D eigenvalue weighted by molar-refractivity contribution is -0.595. The van der Waals surface area contributed by atoms with Gasteiger partial charge in [-0.05, 0) is 0 Å². The summed E-state index contributed by atoms with van der Waals surface area (Å²) in [5.74, 6) is 0.0470. The summed E-state index contributed by atoms with van der Waals surface area (Å²) in [6.07, 6.45) is 3.82. The molecule has 0 amide bonds. The fourth-order valence-electron chi connectivity index (χ4n) is 2.11. The van der Waals surface area contributed by atoms with Crippen LogP contribution in [-0.2, 0) is 0 Å². The highest BCUT2D eigenvalue weighted by atomic mass is 16.1. The zero-order valence-corrected chi connectivity index (χ0v) is 10.9. The molecule has 1 heterocycles. The molecule has 2 nitrogen and oxygen atoms in total. The average molecular weight is 260 g/mol. The molecule has 0 unspecified atom stereocenters. The number of para-hydroxylation sites is 1. The summed E-state index contributed by atoms with van der Waals surface area (Å²) < 4.78 is 1.99. The second-order valence-corrected chi connectivity index (χ2v) is 4.52. The first-order chi connectivity index (χ1) is 9.84. The molecule has 0 aliphatic carbocycles. The van der Waals surface area contributed by atoms with E-state index in [1.165, 1.54) is 0 Å². The maximum Gasteiger partial charge on any atom is 0.210 e. The maximum absolute atomic E-state index is 12.3. The Balaban J connectivity index is 1.89. The van der Waals surface area contributed by atoms with Crippen LogP contribution in [-0.4, -0.2) is 5.78 Å². The van der Waals surface area contributed by atoms with E-state index in [1.807, 2.05) is 89.8 Å². The lowest BCUT2D eigenvalue weighted by Crippen LogP contribution is -2.29. The molecule has 0 N–H and O–H groups in total. The second kappa shape index (κ2) is 5.49. The highest BCUT2D eigenvalue weighted by Gasteiger charge is 2.11.